The Balaban J connectivity index is 1.77. The number of carboxylic acids is 1. The fourth-order valence-corrected chi connectivity index (χ4v) is 3.47. The minimum Gasteiger partial charge on any atom is -0.478 e. The number of rotatable bonds is 4. The quantitative estimate of drug-likeness (QED) is 0.732. The van der Waals surface area contributed by atoms with Gasteiger partial charge in [-0.3, -0.25) is 0 Å². The fraction of sp³-hybridized carbons (Fsp3) is 0.238. The molecule has 0 radical (unpaired) electrons. The standard InChI is InChI=1S/C21H20FN3O2/c22-18-7-2-1-5-15(18)13-19-17-6-3-4-12-23-20(17)25(24-19)16-10-8-14(9-11-16)21(26)27/h1-2,5,7-11,23H,3-4,6,12-13H2,(H,26,27). The molecule has 5 nitrogen and oxygen atoms in total. The number of hydrogen-bond donors (Lipinski definition) is 2. The Kier molecular flexibility index (Phi) is 4.62. The summed E-state index contributed by atoms with van der Waals surface area (Å²) in [6.45, 7) is 0.852. The molecule has 0 atom stereocenters. The molecule has 6 heteroatoms. The van der Waals surface area contributed by atoms with Gasteiger partial charge in [-0.2, -0.15) is 5.10 Å². The van der Waals surface area contributed by atoms with Gasteiger partial charge in [-0.05, 0) is 55.2 Å². The number of fused-ring (bicyclic) bond motifs is 1. The van der Waals surface area contributed by atoms with Crippen LogP contribution in [0.1, 0.15) is 40.0 Å². The fourth-order valence-electron chi connectivity index (χ4n) is 3.47. The van der Waals surface area contributed by atoms with E-state index in [1.807, 2.05) is 10.7 Å². The predicted octanol–water partition coefficient (Wildman–Crippen LogP) is 4.05. The molecule has 0 spiro atoms. The molecule has 138 valence electrons. The topological polar surface area (TPSA) is 67.1 Å². The van der Waals surface area contributed by atoms with Gasteiger partial charge in [0, 0.05) is 18.5 Å². The van der Waals surface area contributed by atoms with E-state index in [0.29, 0.717) is 12.0 Å². The van der Waals surface area contributed by atoms with E-state index in [4.69, 9.17) is 10.2 Å². The Bertz CT molecular complexity index is 980. The average Bonchev–Trinajstić information content (AvgIpc) is 2.85. The largest absolute Gasteiger partial charge is 0.478 e. The molecular formula is C21H20FN3O2. The van der Waals surface area contributed by atoms with Gasteiger partial charge in [0.15, 0.2) is 0 Å². The summed E-state index contributed by atoms with van der Waals surface area (Å²) in [4.78, 5) is 11.1. The van der Waals surface area contributed by atoms with Crippen LogP contribution < -0.4 is 5.32 Å². The second-order valence-electron chi connectivity index (χ2n) is 6.69. The van der Waals surface area contributed by atoms with Gasteiger partial charge in [-0.25, -0.2) is 13.9 Å². The summed E-state index contributed by atoms with van der Waals surface area (Å²) in [7, 11) is 0. The lowest BCUT2D eigenvalue weighted by Gasteiger charge is -2.09. The van der Waals surface area contributed by atoms with E-state index < -0.39 is 5.97 Å². The molecule has 1 aliphatic heterocycles. The maximum absolute atomic E-state index is 14.1. The molecule has 0 saturated heterocycles. The maximum Gasteiger partial charge on any atom is 0.335 e. The monoisotopic (exact) mass is 365 g/mol. The Labute approximate surface area is 156 Å². The van der Waals surface area contributed by atoms with Crippen LogP contribution in [0, 0.1) is 5.82 Å². The zero-order chi connectivity index (χ0) is 18.8. The third kappa shape index (κ3) is 3.43. The summed E-state index contributed by atoms with van der Waals surface area (Å²) in [5, 5.41) is 17.3. The van der Waals surface area contributed by atoms with Gasteiger partial charge in [-0.15, -0.1) is 0 Å². The highest BCUT2D eigenvalue weighted by Crippen LogP contribution is 2.30. The van der Waals surface area contributed by atoms with E-state index in [-0.39, 0.29) is 11.4 Å². The van der Waals surface area contributed by atoms with Crippen LogP contribution in [0.15, 0.2) is 48.5 Å². The van der Waals surface area contributed by atoms with E-state index in [1.165, 1.54) is 6.07 Å². The van der Waals surface area contributed by atoms with E-state index >= 15 is 0 Å². The Morgan fingerprint density at radius 2 is 1.93 bits per heavy atom. The normalized spacial score (nSPS) is 13.5. The van der Waals surface area contributed by atoms with Crippen LogP contribution >= 0.6 is 0 Å². The van der Waals surface area contributed by atoms with Crippen LogP contribution in [-0.4, -0.2) is 27.4 Å². The maximum atomic E-state index is 14.1. The van der Waals surface area contributed by atoms with E-state index in [9.17, 15) is 9.18 Å². The molecule has 2 heterocycles. The van der Waals surface area contributed by atoms with Gasteiger partial charge in [-0.1, -0.05) is 18.2 Å². The number of aromatic carboxylic acids is 1. The minimum absolute atomic E-state index is 0.229. The summed E-state index contributed by atoms with van der Waals surface area (Å²) >= 11 is 0. The molecule has 0 fully saturated rings. The number of halogens is 1. The molecule has 0 bridgehead atoms. The molecule has 3 aromatic rings. The molecule has 4 rings (SSSR count). The smallest absolute Gasteiger partial charge is 0.335 e. The van der Waals surface area contributed by atoms with Crippen molar-refractivity contribution >= 4 is 11.8 Å². The van der Waals surface area contributed by atoms with Gasteiger partial charge in [0.05, 0.1) is 16.9 Å². The zero-order valence-electron chi connectivity index (χ0n) is 14.8. The predicted molar refractivity (Wildman–Crippen MR) is 101 cm³/mol. The molecule has 0 aliphatic carbocycles. The first kappa shape index (κ1) is 17.3. The van der Waals surface area contributed by atoms with Crippen molar-refractivity contribution in [3.05, 3.63) is 76.7 Å². The van der Waals surface area contributed by atoms with E-state index in [2.05, 4.69) is 5.32 Å². The lowest BCUT2D eigenvalue weighted by Crippen LogP contribution is -2.07. The summed E-state index contributed by atoms with van der Waals surface area (Å²) in [5.41, 5.74) is 3.60. The first-order valence-electron chi connectivity index (χ1n) is 9.05. The highest BCUT2D eigenvalue weighted by Gasteiger charge is 2.21. The number of anilines is 1. The molecule has 0 unspecified atom stereocenters. The van der Waals surface area contributed by atoms with Crippen molar-refractivity contribution < 1.29 is 14.3 Å². The SMILES string of the molecule is O=C(O)c1ccc(-n2nc(Cc3ccccc3F)c3c2NCCCC3)cc1. The first-order valence-corrected chi connectivity index (χ1v) is 9.05. The van der Waals surface area contributed by atoms with E-state index in [0.717, 1.165) is 48.6 Å². The number of benzene rings is 2. The summed E-state index contributed by atoms with van der Waals surface area (Å²) < 4.78 is 15.9. The number of carboxylic acid groups (broad SMARTS) is 1. The van der Waals surface area contributed by atoms with Crippen LogP contribution in [-0.2, 0) is 12.8 Å². The summed E-state index contributed by atoms with van der Waals surface area (Å²) in [5.74, 6) is -0.269. The van der Waals surface area contributed by atoms with Crippen molar-refractivity contribution in [3.63, 3.8) is 0 Å². The zero-order valence-corrected chi connectivity index (χ0v) is 14.8. The van der Waals surface area contributed by atoms with Crippen LogP contribution in [0.2, 0.25) is 0 Å². The number of carbonyl (C=O) groups is 1. The van der Waals surface area contributed by atoms with Crippen LogP contribution in [0.4, 0.5) is 10.2 Å². The Morgan fingerprint density at radius 3 is 2.67 bits per heavy atom. The van der Waals surface area contributed by atoms with Crippen LogP contribution in [0.25, 0.3) is 5.69 Å². The Hall–Kier alpha value is -3.15. The van der Waals surface area contributed by atoms with Gasteiger partial charge in [0.1, 0.15) is 11.6 Å². The van der Waals surface area contributed by atoms with Crippen molar-refractivity contribution in [2.45, 2.75) is 25.7 Å². The van der Waals surface area contributed by atoms with Crippen molar-refractivity contribution in [1.29, 1.82) is 0 Å². The minimum atomic E-state index is -0.959. The highest BCUT2D eigenvalue weighted by molar-refractivity contribution is 5.87. The second kappa shape index (κ2) is 7.23. The highest BCUT2D eigenvalue weighted by atomic mass is 19.1. The summed E-state index contributed by atoms with van der Waals surface area (Å²) in [6, 6.07) is 13.4. The number of aromatic nitrogens is 2. The Morgan fingerprint density at radius 1 is 1.15 bits per heavy atom. The lowest BCUT2D eigenvalue weighted by molar-refractivity contribution is 0.0697. The third-order valence-corrected chi connectivity index (χ3v) is 4.89. The van der Waals surface area contributed by atoms with Crippen molar-refractivity contribution in [2.24, 2.45) is 0 Å². The number of nitrogens with zero attached hydrogens (tertiary/aromatic N) is 2. The molecular weight excluding hydrogens is 345 g/mol. The van der Waals surface area contributed by atoms with Gasteiger partial charge in [0.2, 0.25) is 0 Å². The molecule has 1 aromatic heterocycles. The van der Waals surface area contributed by atoms with Crippen LogP contribution in [0.5, 0.6) is 0 Å². The van der Waals surface area contributed by atoms with Gasteiger partial charge >= 0.3 is 5.97 Å². The molecule has 0 saturated carbocycles. The van der Waals surface area contributed by atoms with Crippen molar-refractivity contribution in [2.75, 3.05) is 11.9 Å². The number of hydrogen-bond acceptors (Lipinski definition) is 3. The second-order valence-corrected chi connectivity index (χ2v) is 6.69. The van der Waals surface area contributed by atoms with Crippen LogP contribution in [0.3, 0.4) is 0 Å². The van der Waals surface area contributed by atoms with E-state index in [1.54, 1.807) is 36.4 Å². The first-order chi connectivity index (χ1) is 13.1. The molecule has 2 N–H and O–H groups in total. The van der Waals surface area contributed by atoms with Crippen molar-refractivity contribution in [1.82, 2.24) is 9.78 Å². The third-order valence-electron chi connectivity index (χ3n) is 4.89. The molecule has 0 amide bonds. The molecule has 2 aromatic carbocycles. The molecule has 1 aliphatic rings. The molecule has 27 heavy (non-hydrogen) atoms. The average molecular weight is 365 g/mol. The summed E-state index contributed by atoms with van der Waals surface area (Å²) in [6.07, 6.45) is 3.43. The number of nitrogens with one attached hydrogen (secondary N) is 1. The van der Waals surface area contributed by atoms with Gasteiger partial charge < -0.3 is 10.4 Å². The van der Waals surface area contributed by atoms with Crippen molar-refractivity contribution in [3.8, 4) is 5.69 Å². The van der Waals surface area contributed by atoms with Gasteiger partial charge in [0.25, 0.3) is 0 Å². The lowest BCUT2D eigenvalue weighted by atomic mass is 10.0.